The molecule has 5 nitrogen and oxygen atoms in total. The summed E-state index contributed by atoms with van der Waals surface area (Å²) < 4.78 is 1.68. The summed E-state index contributed by atoms with van der Waals surface area (Å²) in [6, 6.07) is 0.256. The fourth-order valence-electron chi connectivity index (χ4n) is 1.31. The third-order valence-electron chi connectivity index (χ3n) is 2.30. The fraction of sp³-hybridized carbons (Fsp3) is 0.778. The average Bonchev–Trinajstić information content (AvgIpc) is 2.63. The van der Waals surface area contributed by atoms with Crippen molar-refractivity contribution in [2.24, 2.45) is 7.05 Å². The number of aliphatic hydroxyl groups is 1. The van der Waals surface area contributed by atoms with Gasteiger partial charge in [-0.25, -0.2) is 0 Å². The van der Waals surface area contributed by atoms with Gasteiger partial charge in [0.1, 0.15) is 0 Å². The molecule has 1 aromatic heterocycles. The molecule has 1 rings (SSSR count). The van der Waals surface area contributed by atoms with Crippen molar-refractivity contribution in [1.29, 1.82) is 0 Å². The first-order valence-electron chi connectivity index (χ1n) is 4.89. The third-order valence-corrected chi connectivity index (χ3v) is 3.46. The smallest absolute Gasteiger partial charge is 0.0964 e. The summed E-state index contributed by atoms with van der Waals surface area (Å²) in [6.45, 7) is 2.94. The maximum atomic E-state index is 9.10. The van der Waals surface area contributed by atoms with Crippen LogP contribution in [-0.4, -0.2) is 44.3 Å². The van der Waals surface area contributed by atoms with Gasteiger partial charge in [-0.1, -0.05) is 5.21 Å². The Kier molecular flexibility index (Phi) is 5.07. The highest BCUT2D eigenvalue weighted by Gasteiger charge is 2.14. The Bertz CT molecular complexity index is 287. The third kappa shape index (κ3) is 3.81. The van der Waals surface area contributed by atoms with Gasteiger partial charge in [-0.05, 0) is 13.2 Å². The number of hydrogen-bond donors (Lipinski definition) is 2. The highest BCUT2D eigenvalue weighted by atomic mass is 32.2. The van der Waals surface area contributed by atoms with E-state index in [-0.39, 0.29) is 17.9 Å². The highest BCUT2D eigenvalue weighted by molar-refractivity contribution is 7.99. The van der Waals surface area contributed by atoms with E-state index >= 15 is 0 Å². The van der Waals surface area contributed by atoms with Crippen molar-refractivity contribution in [3.05, 3.63) is 11.9 Å². The largest absolute Gasteiger partial charge is 0.395 e. The van der Waals surface area contributed by atoms with Gasteiger partial charge in [-0.3, -0.25) is 4.68 Å². The zero-order chi connectivity index (χ0) is 11.3. The van der Waals surface area contributed by atoms with Gasteiger partial charge < -0.3 is 10.4 Å². The highest BCUT2D eigenvalue weighted by Crippen LogP contribution is 2.10. The fourth-order valence-corrected chi connectivity index (χ4v) is 1.96. The number of aromatic nitrogens is 3. The van der Waals surface area contributed by atoms with Gasteiger partial charge in [0.15, 0.2) is 0 Å². The molecule has 0 aliphatic rings. The molecule has 0 aromatic carbocycles. The van der Waals surface area contributed by atoms with Crippen LogP contribution in [0.3, 0.4) is 0 Å². The Morgan fingerprint density at radius 1 is 1.67 bits per heavy atom. The van der Waals surface area contributed by atoms with Crippen LogP contribution < -0.4 is 5.32 Å². The van der Waals surface area contributed by atoms with E-state index < -0.39 is 0 Å². The van der Waals surface area contributed by atoms with Crippen LogP contribution >= 0.6 is 11.8 Å². The van der Waals surface area contributed by atoms with Crippen molar-refractivity contribution < 1.29 is 5.11 Å². The SMILES string of the molecule is CSC(CO)C(C)NCc1cn(C)nn1. The summed E-state index contributed by atoms with van der Waals surface area (Å²) in [4.78, 5) is 0. The average molecular weight is 230 g/mol. The summed E-state index contributed by atoms with van der Waals surface area (Å²) in [5.41, 5.74) is 0.919. The molecule has 0 spiro atoms. The molecule has 0 amide bonds. The van der Waals surface area contributed by atoms with Crippen LogP contribution in [0.1, 0.15) is 12.6 Å². The van der Waals surface area contributed by atoms with Crippen LogP contribution in [0.15, 0.2) is 6.20 Å². The number of rotatable bonds is 6. The minimum Gasteiger partial charge on any atom is -0.395 e. The Labute approximate surface area is 94.2 Å². The van der Waals surface area contributed by atoms with Gasteiger partial charge in [-0.2, -0.15) is 11.8 Å². The van der Waals surface area contributed by atoms with E-state index in [0.717, 1.165) is 5.69 Å². The molecular weight excluding hydrogens is 212 g/mol. The second-order valence-electron chi connectivity index (χ2n) is 3.51. The second-order valence-corrected chi connectivity index (χ2v) is 4.59. The van der Waals surface area contributed by atoms with Crippen LogP contribution in [0.2, 0.25) is 0 Å². The molecule has 0 aliphatic carbocycles. The maximum Gasteiger partial charge on any atom is 0.0964 e. The number of nitrogens with one attached hydrogen (secondary N) is 1. The van der Waals surface area contributed by atoms with E-state index in [1.807, 2.05) is 19.5 Å². The van der Waals surface area contributed by atoms with Crippen LogP contribution in [0, 0.1) is 0 Å². The van der Waals surface area contributed by atoms with Crippen molar-refractivity contribution in [1.82, 2.24) is 20.3 Å². The Morgan fingerprint density at radius 3 is 2.87 bits per heavy atom. The van der Waals surface area contributed by atoms with Gasteiger partial charge in [0.2, 0.25) is 0 Å². The zero-order valence-electron chi connectivity index (χ0n) is 9.34. The molecule has 0 bridgehead atoms. The van der Waals surface area contributed by atoms with Crippen molar-refractivity contribution in [3.63, 3.8) is 0 Å². The predicted molar refractivity (Wildman–Crippen MR) is 61.7 cm³/mol. The number of aryl methyl sites for hydroxylation is 1. The van der Waals surface area contributed by atoms with Gasteiger partial charge in [-0.15, -0.1) is 5.10 Å². The summed E-state index contributed by atoms with van der Waals surface area (Å²) in [5.74, 6) is 0. The summed E-state index contributed by atoms with van der Waals surface area (Å²) in [7, 11) is 1.85. The number of nitrogens with zero attached hydrogens (tertiary/aromatic N) is 3. The van der Waals surface area contributed by atoms with E-state index in [4.69, 9.17) is 5.11 Å². The lowest BCUT2D eigenvalue weighted by atomic mass is 10.2. The monoisotopic (exact) mass is 230 g/mol. The van der Waals surface area contributed by atoms with Crippen LogP contribution in [0.25, 0.3) is 0 Å². The lowest BCUT2D eigenvalue weighted by Crippen LogP contribution is -2.37. The summed E-state index contributed by atoms with van der Waals surface area (Å²) in [5, 5.41) is 20.5. The molecule has 86 valence electrons. The molecule has 0 radical (unpaired) electrons. The van der Waals surface area contributed by atoms with Crippen LogP contribution in [0.4, 0.5) is 0 Å². The molecule has 15 heavy (non-hydrogen) atoms. The first kappa shape index (κ1) is 12.5. The number of thioether (sulfide) groups is 1. The molecule has 6 heteroatoms. The second kappa shape index (κ2) is 6.09. The molecule has 0 saturated heterocycles. The topological polar surface area (TPSA) is 63.0 Å². The van der Waals surface area contributed by atoms with Gasteiger partial charge >= 0.3 is 0 Å². The van der Waals surface area contributed by atoms with Gasteiger partial charge in [0, 0.05) is 31.1 Å². The lowest BCUT2D eigenvalue weighted by Gasteiger charge is -2.20. The maximum absolute atomic E-state index is 9.10. The Hall–Kier alpha value is -0.590. The van der Waals surface area contributed by atoms with E-state index in [1.165, 1.54) is 0 Å². The molecule has 1 aromatic rings. The summed E-state index contributed by atoms with van der Waals surface area (Å²) >= 11 is 1.66. The normalized spacial score (nSPS) is 15.2. The standard InChI is InChI=1S/C9H18N4OS/c1-7(9(6-14)15-3)10-4-8-5-13(2)12-11-8/h5,7,9-10,14H,4,6H2,1-3H3. The molecule has 2 atom stereocenters. The first-order chi connectivity index (χ1) is 7.17. The quantitative estimate of drug-likeness (QED) is 0.721. The zero-order valence-corrected chi connectivity index (χ0v) is 10.2. The summed E-state index contributed by atoms with van der Waals surface area (Å²) in [6.07, 6.45) is 3.88. The first-order valence-corrected chi connectivity index (χ1v) is 6.18. The Morgan fingerprint density at radius 2 is 2.40 bits per heavy atom. The van der Waals surface area contributed by atoms with Crippen molar-refractivity contribution in [2.45, 2.75) is 24.8 Å². The van der Waals surface area contributed by atoms with Crippen molar-refractivity contribution in [2.75, 3.05) is 12.9 Å². The molecular formula is C9H18N4OS. The number of aliphatic hydroxyl groups excluding tert-OH is 1. The lowest BCUT2D eigenvalue weighted by molar-refractivity contribution is 0.275. The molecule has 0 aliphatic heterocycles. The van der Waals surface area contributed by atoms with Crippen LogP contribution in [-0.2, 0) is 13.6 Å². The Balaban J connectivity index is 2.36. The van der Waals surface area contributed by atoms with E-state index in [0.29, 0.717) is 6.54 Å². The molecule has 0 fully saturated rings. The minimum atomic E-state index is 0.190. The van der Waals surface area contributed by atoms with Gasteiger partial charge in [0.05, 0.1) is 12.3 Å². The number of hydrogen-bond acceptors (Lipinski definition) is 5. The molecule has 2 unspecified atom stereocenters. The van der Waals surface area contributed by atoms with Crippen molar-refractivity contribution in [3.8, 4) is 0 Å². The van der Waals surface area contributed by atoms with Crippen molar-refractivity contribution >= 4 is 11.8 Å². The molecule has 1 heterocycles. The van der Waals surface area contributed by atoms with E-state index in [1.54, 1.807) is 16.4 Å². The molecule has 2 N–H and O–H groups in total. The van der Waals surface area contributed by atoms with Crippen LogP contribution in [0.5, 0.6) is 0 Å². The molecule has 0 saturated carbocycles. The van der Waals surface area contributed by atoms with Gasteiger partial charge in [0.25, 0.3) is 0 Å². The minimum absolute atomic E-state index is 0.190. The van der Waals surface area contributed by atoms with E-state index in [2.05, 4.69) is 22.6 Å². The predicted octanol–water partition coefficient (Wildman–Crippen LogP) is 0.0171. The van der Waals surface area contributed by atoms with E-state index in [9.17, 15) is 0 Å².